The molecule has 2 aliphatic rings. The van der Waals surface area contributed by atoms with E-state index in [1.54, 1.807) is 0 Å². The second-order valence-electron chi connectivity index (χ2n) is 7.86. The van der Waals surface area contributed by atoms with Crippen LogP contribution in [0.4, 0.5) is 17.3 Å². The third kappa shape index (κ3) is 2.45. The predicted octanol–water partition coefficient (Wildman–Crippen LogP) is 6.95. The van der Waals surface area contributed by atoms with Crippen molar-refractivity contribution in [2.45, 2.75) is 26.7 Å². The van der Waals surface area contributed by atoms with Crippen LogP contribution >= 0.6 is 0 Å². The van der Waals surface area contributed by atoms with Crippen LogP contribution in [-0.4, -0.2) is 6.61 Å². The van der Waals surface area contributed by atoms with E-state index in [9.17, 15) is 0 Å². The van der Waals surface area contributed by atoms with Crippen molar-refractivity contribution in [1.82, 2.24) is 0 Å². The Bertz CT molecular complexity index is 1270. The summed E-state index contributed by atoms with van der Waals surface area (Å²) < 4.78 is 18.9. The van der Waals surface area contributed by atoms with Gasteiger partial charge in [0.2, 0.25) is 5.88 Å². The first-order valence-electron chi connectivity index (χ1n) is 10.1. The van der Waals surface area contributed by atoms with Crippen molar-refractivity contribution in [3.8, 4) is 17.2 Å². The quantitative estimate of drug-likeness (QED) is 0.314. The molecule has 2 aliphatic heterocycles. The van der Waals surface area contributed by atoms with Gasteiger partial charge < -0.3 is 13.9 Å². The molecule has 144 valence electrons. The summed E-state index contributed by atoms with van der Waals surface area (Å²) >= 11 is 0. The van der Waals surface area contributed by atoms with Gasteiger partial charge in [-0.2, -0.15) is 0 Å². The Kier molecular flexibility index (Phi) is 3.45. The Morgan fingerprint density at radius 1 is 0.862 bits per heavy atom. The van der Waals surface area contributed by atoms with Crippen molar-refractivity contribution in [2.24, 2.45) is 0 Å². The molecule has 0 fully saturated rings. The zero-order chi connectivity index (χ0) is 19.5. The fourth-order valence-corrected chi connectivity index (χ4v) is 4.32. The van der Waals surface area contributed by atoms with Gasteiger partial charge >= 0.3 is 0 Å². The Morgan fingerprint density at radius 3 is 2.66 bits per heavy atom. The van der Waals surface area contributed by atoms with E-state index in [1.165, 1.54) is 11.1 Å². The second-order valence-corrected chi connectivity index (χ2v) is 7.86. The molecule has 3 aromatic carbocycles. The minimum atomic E-state index is 0.699. The van der Waals surface area contributed by atoms with E-state index in [0.29, 0.717) is 5.88 Å². The molecule has 0 bridgehead atoms. The summed E-state index contributed by atoms with van der Waals surface area (Å²) in [6, 6.07) is 18.8. The normalized spacial score (nSPS) is 14.6. The van der Waals surface area contributed by atoms with Crippen molar-refractivity contribution < 1.29 is 13.9 Å². The molecule has 3 heterocycles. The van der Waals surface area contributed by atoms with E-state index < -0.39 is 0 Å². The number of para-hydroxylation sites is 1. The summed E-state index contributed by atoms with van der Waals surface area (Å²) in [5.41, 5.74) is 6.34. The summed E-state index contributed by atoms with van der Waals surface area (Å²) in [7, 11) is 0. The van der Waals surface area contributed by atoms with Crippen LogP contribution in [0.25, 0.3) is 11.0 Å². The smallest absolute Gasteiger partial charge is 0.249 e. The number of hydrogen-bond donors (Lipinski definition) is 0. The molecular formula is C25H21NO3. The van der Waals surface area contributed by atoms with Crippen molar-refractivity contribution in [1.29, 1.82) is 0 Å². The number of nitrogens with zero attached hydrogens (tertiary/aromatic N) is 1. The number of hydrogen-bond acceptors (Lipinski definition) is 4. The Hall–Kier alpha value is -3.40. The molecule has 0 spiro atoms. The van der Waals surface area contributed by atoms with E-state index >= 15 is 0 Å². The SMILES string of the molecule is Cc1ccc2c(c1)Oc1c(oc3ccc(C)cc13)N2c1cccc2c1OCCC2. The maximum atomic E-state index is 6.39. The number of ether oxygens (including phenoxy) is 2. The van der Waals surface area contributed by atoms with E-state index in [2.05, 4.69) is 67.3 Å². The molecule has 0 saturated heterocycles. The molecule has 6 rings (SSSR count). The largest absolute Gasteiger partial charge is 0.491 e. The number of fused-ring (bicyclic) bond motifs is 5. The Labute approximate surface area is 169 Å². The van der Waals surface area contributed by atoms with Crippen LogP contribution < -0.4 is 14.4 Å². The lowest BCUT2D eigenvalue weighted by atomic mass is 10.0. The van der Waals surface area contributed by atoms with Gasteiger partial charge in [-0.05, 0) is 68.1 Å². The maximum Gasteiger partial charge on any atom is 0.249 e. The van der Waals surface area contributed by atoms with Gasteiger partial charge in [0.1, 0.15) is 11.3 Å². The minimum absolute atomic E-state index is 0.699. The van der Waals surface area contributed by atoms with Crippen LogP contribution in [0.15, 0.2) is 59.0 Å². The van der Waals surface area contributed by atoms with Crippen molar-refractivity contribution in [3.05, 3.63) is 71.3 Å². The van der Waals surface area contributed by atoms with Crippen LogP contribution in [0.1, 0.15) is 23.1 Å². The van der Waals surface area contributed by atoms with Crippen molar-refractivity contribution >= 4 is 28.2 Å². The van der Waals surface area contributed by atoms with Gasteiger partial charge in [-0.3, -0.25) is 4.90 Å². The van der Waals surface area contributed by atoms with Gasteiger partial charge in [0.25, 0.3) is 0 Å². The fourth-order valence-electron chi connectivity index (χ4n) is 4.32. The molecule has 29 heavy (non-hydrogen) atoms. The molecular weight excluding hydrogens is 362 g/mol. The second kappa shape index (κ2) is 6.05. The molecule has 4 aromatic rings. The summed E-state index contributed by atoms with van der Waals surface area (Å²) in [6.07, 6.45) is 2.07. The standard InChI is InChI=1S/C25H21NO3/c1-15-9-11-21-18(13-15)24-25(29-21)26(19-10-8-16(2)14-22(19)28-24)20-7-3-5-17-6-4-12-27-23(17)20/h3,5,7-11,13-14H,4,6,12H2,1-2H3. The van der Waals surface area contributed by atoms with Crippen molar-refractivity contribution in [2.75, 3.05) is 11.5 Å². The van der Waals surface area contributed by atoms with Gasteiger partial charge in [-0.1, -0.05) is 29.8 Å². The highest BCUT2D eigenvalue weighted by Crippen LogP contribution is 2.56. The van der Waals surface area contributed by atoms with Gasteiger partial charge in [0.15, 0.2) is 11.5 Å². The molecule has 1 aromatic heterocycles. The van der Waals surface area contributed by atoms with Crippen LogP contribution in [0, 0.1) is 13.8 Å². The molecule has 0 saturated carbocycles. The average molecular weight is 383 g/mol. The molecule has 4 nitrogen and oxygen atoms in total. The third-order valence-corrected chi connectivity index (χ3v) is 5.71. The number of anilines is 3. The van der Waals surface area contributed by atoms with E-state index in [1.807, 2.05) is 6.07 Å². The van der Waals surface area contributed by atoms with Crippen molar-refractivity contribution in [3.63, 3.8) is 0 Å². The van der Waals surface area contributed by atoms with Gasteiger partial charge in [0.05, 0.1) is 23.4 Å². The first-order valence-corrected chi connectivity index (χ1v) is 10.1. The maximum absolute atomic E-state index is 6.39. The average Bonchev–Trinajstić information content (AvgIpc) is 3.09. The monoisotopic (exact) mass is 383 g/mol. The number of rotatable bonds is 1. The molecule has 0 aliphatic carbocycles. The molecule has 0 atom stereocenters. The first kappa shape index (κ1) is 16.5. The Morgan fingerprint density at radius 2 is 1.72 bits per heavy atom. The topological polar surface area (TPSA) is 34.8 Å². The van der Waals surface area contributed by atoms with Gasteiger partial charge in [0, 0.05) is 0 Å². The lowest BCUT2D eigenvalue weighted by Gasteiger charge is -2.32. The Balaban J connectivity index is 1.66. The molecule has 4 heteroatoms. The van der Waals surface area contributed by atoms with E-state index in [0.717, 1.165) is 64.6 Å². The molecule has 0 radical (unpaired) electrons. The minimum Gasteiger partial charge on any atom is -0.491 e. The van der Waals surface area contributed by atoms with E-state index in [-0.39, 0.29) is 0 Å². The van der Waals surface area contributed by atoms with Crippen LogP contribution in [0.3, 0.4) is 0 Å². The highest BCUT2D eigenvalue weighted by Gasteiger charge is 2.34. The van der Waals surface area contributed by atoms with Crippen LogP contribution in [0.5, 0.6) is 17.2 Å². The summed E-state index contributed by atoms with van der Waals surface area (Å²) in [5, 5.41) is 0.989. The summed E-state index contributed by atoms with van der Waals surface area (Å²) in [4.78, 5) is 2.15. The predicted molar refractivity (Wildman–Crippen MR) is 114 cm³/mol. The molecule has 0 amide bonds. The highest BCUT2D eigenvalue weighted by molar-refractivity contribution is 5.97. The fraction of sp³-hybridized carbons (Fsp3) is 0.200. The highest BCUT2D eigenvalue weighted by atomic mass is 16.5. The van der Waals surface area contributed by atoms with Gasteiger partial charge in [-0.15, -0.1) is 0 Å². The molecule has 0 unspecified atom stereocenters. The lowest BCUT2D eigenvalue weighted by molar-refractivity contribution is 0.289. The van der Waals surface area contributed by atoms with Crippen LogP contribution in [-0.2, 0) is 6.42 Å². The zero-order valence-corrected chi connectivity index (χ0v) is 16.5. The number of furan rings is 1. The van der Waals surface area contributed by atoms with Gasteiger partial charge in [-0.25, -0.2) is 0 Å². The van der Waals surface area contributed by atoms with Crippen LogP contribution in [0.2, 0.25) is 0 Å². The summed E-state index contributed by atoms with van der Waals surface area (Å²) in [6.45, 7) is 4.90. The number of benzene rings is 3. The third-order valence-electron chi connectivity index (χ3n) is 5.71. The number of aryl methyl sites for hydroxylation is 3. The molecule has 0 N–H and O–H groups in total. The lowest BCUT2D eigenvalue weighted by Crippen LogP contribution is -2.18. The first-order chi connectivity index (χ1) is 14.2. The summed E-state index contributed by atoms with van der Waals surface area (Å²) in [5.74, 6) is 3.23. The zero-order valence-electron chi connectivity index (χ0n) is 16.5. The van der Waals surface area contributed by atoms with E-state index in [4.69, 9.17) is 13.9 Å².